The van der Waals surface area contributed by atoms with Crippen molar-refractivity contribution in [2.45, 2.75) is 13.0 Å². The lowest BCUT2D eigenvalue weighted by molar-refractivity contribution is 0.0989. The van der Waals surface area contributed by atoms with E-state index in [4.69, 9.17) is 0 Å². The van der Waals surface area contributed by atoms with Gasteiger partial charge in [-0.25, -0.2) is 4.98 Å². The molecule has 5 nitrogen and oxygen atoms in total. The zero-order chi connectivity index (χ0) is 20.3. The van der Waals surface area contributed by atoms with E-state index < -0.39 is 0 Å². The van der Waals surface area contributed by atoms with E-state index in [9.17, 15) is 4.79 Å². The van der Waals surface area contributed by atoms with Gasteiger partial charge in [-0.2, -0.15) is 0 Å². The Labute approximate surface area is 177 Å². The molecule has 0 bridgehead atoms. The van der Waals surface area contributed by atoms with Crippen molar-refractivity contribution in [3.63, 3.8) is 0 Å². The second kappa shape index (κ2) is 8.28. The van der Waals surface area contributed by atoms with Gasteiger partial charge in [0.05, 0.1) is 5.56 Å². The van der Waals surface area contributed by atoms with Crippen LogP contribution in [0.15, 0.2) is 72.9 Å². The molecule has 1 saturated heterocycles. The van der Waals surface area contributed by atoms with Crippen molar-refractivity contribution in [1.82, 2.24) is 9.88 Å². The van der Waals surface area contributed by atoms with Crippen LogP contribution in [0, 0.1) is 0 Å². The van der Waals surface area contributed by atoms with E-state index >= 15 is 0 Å². The fourth-order valence-electron chi connectivity index (χ4n) is 4.38. The van der Waals surface area contributed by atoms with Gasteiger partial charge in [-0.1, -0.05) is 48.5 Å². The molecule has 152 valence electrons. The van der Waals surface area contributed by atoms with E-state index in [1.54, 1.807) is 6.20 Å². The molecule has 1 amide bonds. The smallest absolute Gasteiger partial charge is 0.259 e. The molecule has 5 heteroatoms. The number of carbonyl (C=O) groups is 1. The second-order valence-corrected chi connectivity index (χ2v) is 7.99. The Morgan fingerprint density at radius 1 is 0.833 bits per heavy atom. The molecular formula is C25H26N4O. The van der Waals surface area contributed by atoms with Crippen LogP contribution in [0.1, 0.15) is 21.5 Å². The van der Waals surface area contributed by atoms with Gasteiger partial charge in [-0.15, -0.1) is 0 Å². The number of hydrogen-bond donors (Lipinski definition) is 0. The monoisotopic (exact) mass is 398 g/mol. The van der Waals surface area contributed by atoms with Crippen molar-refractivity contribution in [1.29, 1.82) is 0 Å². The minimum atomic E-state index is 0.0340. The molecule has 0 N–H and O–H groups in total. The van der Waals surface area contributed by atoms with Gasteiger partial charge in [0, 0.05) is 51.2 Å². The number of amides is 1. The number of carbonyl (C=O) groups excluding carboxylic acids is 1. The van der Waals surface area contributed by atoms with Gasteiger partial charge in [-0.3, -0.25) is 9.69 Å². The molecule has 3 aromatic rings. The van der Waals surface area contributed by atoms with Crippen molar-refractivity contribution in [3.05, 3.63) is 89.6 Å². The maximum atomic E-state index is 13.0. The zero-order valence-electron chi connectivity index (χ0n) is 17.1. The van der Waals surface area contributed by atoms with Gasteiger partial charge in [0.1, 0.15) is 5.82 Å². The molecule has 2 aliphatic rings. The van der Waals surface area contributed by atoms with Crippen molar-refractivity contribution in [2.24, 2.45) is 0 Å². The first-order valence-electron chi connectivity index (χ1n) is 10.6. The number of rotatable bonds is 4. The number of para-hydroxylation sites is 1. The Kier molecular flexibility index (Phi) is 5.20. The van der Waals surface area contributed by atoms with Crippen LogP contribution in [-0.4, -0.2) is 48.5 Å². The number of pyridine rings is 1. The molecule has 0 atom stereocenters. The maximum absolute atomic E-state index is 13.0. The topological polar surface area (TPSA) is 39.7 Å². The van der Waals surface area contributed by atoms with Crippen LogP contribution in [0.4, 0.5) is 11.5 Å². The van der Waals surface area contributed by atoms with Crippen LogP contribution in [0.3, 0.4) is 0 Å². The molecule has 0 unspecified atom stereocenters. The SMILES string of the molecule is O=C(c1ccc(N2CCN(Cc3ccccc3)CC2)nc1)N1CCc2ccccc21. The Hall–Kier alpha value is -3.18. The molecule has 1 aromatic heterocycles. The summed E-state index contributed by atoms with van der Waals surface area (Å²) in [6, 6.07) is 22.7. The lowest BCUT2D eigenvalue weighted by Gasteiger charge is -2.35. The quantitative estimate of drug-likeness (QED) is 0.673. The van der Waals surface area contributed by atoms with Crippen LogP contribution in [-0.2, 0) is 13.0 Å². The summed E-state index contributed by atoms with van der Waals surface area (Å²) in [5.41, 5.74) is 4.28. The Morgan fingerprint density at radius 2 is 1.60 bits per heavy atom. The third-order valence-electron chi connectivity index (χ3n) is 6.07. The van der Waals surface area contributed by atoms with E-state index in [-0.39, 0.29) is 5.91 Å². The Balaban J connectivity index is 1.20. The first kappa shape index (κ1) is 18.8. The molecule has 0 spiro atoms. The van der Waals surface area contributed by atoms with Crippen LogP contribution in [0.5, 0.6) is 0 Å². The third-order valence-corrected chi connectivity index (χ3v) is 6.07. The molecular weight excluding hydrogens is 372 g/mol. The lowest BCUT2D eigenvalue weighted by atomic mass is 10.2. The molecule has 1 fully saturated rings. The van der Waals surface area contributed by atoms with Crippen molar-refractivity contribution in [2.75, 3.05) is 42.5 Å². The summed E-state index contributed by atoms with van der Waals surface area (Å²) >= 11 is 0. The van der Waals surface area contributed by atoms with Crippen LogP contribution >= 0.6 is 0 Å². The van der Waals surface area contributed by atoms with Gasteiger partial charge in [-0.05, 0) is 35.7 Å². The number of nitrogens with zero attached hydrogens (tertiary/aromatic N) is 4. The highest BCUT2D eigenvalue weighted by molar-refractivity contribution is 6.07. The van der Waals surface area contributed by atoms with Gasteiger partial charge >= 0.3 is 0 Å². The summed E-state index contributed by atoms with van der Waals surface area (Å²) in [4.78, 5) is 24.3. The normalized spacial score (nSPS) is 16.5. The fraction of sp³-hybridized carbons (Fsp3) is 0.280. The molecule has 0 radical (unpaired) electrons. The van der Waals surface area contributed by atoms with E-state index in [1.807, 2.05) is 35.2 Å². The summed E-state index contributed by atoms with van der Waals surface area (Å²) in [5, 5.41) is 0. The average Bonchev–Trinajstić information content (AvgIpc) is 3.24. The maximum Gasteiger partial charge on any atom is 0.259 e. The second-order valence-electron chi connectivity index (χ2n) is 7.99. The van der Waals surface area contributed by atoms with Crippen LogP contribution in [0.25, 0.3) is 0 Å². The molecule has 0 aliphatic carbocycles. The Bertz CT molecular complexity index is 1010. The molecule has 2 aliphatic heterocycles. The van der Waals surface area contributed by atoms with Gasteiger partial charge < -0.3 is 9.80 Å². The molecule has 0 saturated carbocycles. The van der Waals surface area contributed by atoms with Crippen molar-refractivity contribution < 1.29 is 4.79 Å². The van der Waals surface area contributed by atoms with Crippen molar-refractivity contribution in [3.8, 4) is 0 Å². The predicted octanol–water partition coefficient (Wildman–Crippen LogP) is 3.61. The summed E-state index contributed by atoms with van der Waals surface area (Å²) in [5.74, 6) is 0.986. The summed E-state index contributed by atoms with van der Waals surface area (Å²) in [6.45, 7) is 5.67. The third kappa shape index (κ3) is 3.81. The van der Waals surface area contributed by atoms with Crippen LogP contribution in [0.2, 0.25) is 0 Å². The highest BCUT2D eigenvalue weighted by atomic mass is 16.2. The number of anilines is 2. The van der Waals surface area contributed by atoms with E-state index in [1.165, 1.54) is 11.1 Å². The van der Waals surface area contributed by atoms with Gasteiger partial charge in [0.25, 0.3) is 5.91 Å². The summed E-state index contributed by atoms with van der Waals surface area (Å²) in [6.07, 6.45) is 2.65. The number of fused-ring (bicyclic) bond motifs is 1. The molecule has 5 rings (SSSR count). The average molecular weight is 399 g/mol. The highest BCUT2D eigenvalue weighted by Gasteiger charge is 2.25. The van der Waals surface area contributed by atoms with E-state index in [0.717, 1.165) is 57.2 Å². The number of piperazine rings is 1. The molecule has 2 aromatic carbocycles. The molecule has 3 heterocycles. The fourth-order valence-corrected chi connectivity index (χ4v) is 4.38. The zero-order valence-corrected chi connectivity index (χ0v) is 17.1. The van der Waals surface area contributed by atoms with Crippen molar-refractivity contribution >= 4 is 17.4 Å². The minimum absolute atomic E-state index is 0.0340. The minimum Gasteiger partial charge on any atom is -0.354 e. The Morgan fingerprint density at radius 3 is 2.37 bits per heavy atom. The van der Waals surface area contributed by atoms with Gasteiger partial charge in [0.15, 0.2) is 0 Å². The standard InChI is InChI=1S/C25H26N4O/c30-25(29-13-12-21-8-4-5-9-23(21)29)22-10-11-24(26-18-22)28-16-14-27(15-17-28)19-20-6-2-1-3-7-20/h1-11,18H,12-17,19H2. The summed E-state index contributed by atoms with van der Waals surface area (Å²) < 4.78 is 0. The first-order chi connectivity index (χ1) is 14.8. The first-order valence-corrected chi connectivity index (χ1v) is 10.6. The molecule has 30 heavy (non-hydrogen) atoms. The van der Waals surface area contributed by atoms with E-state index in [2.05, 4.69) is 51.2 Å². The van der Waals surface area contributed by atoms with Crippen LogP contribution < -0.4 is 9.80 Å². The van der Waals surface area contributed by atoms with E-state index in [0.29, 0.717) is 5.56 Å². The largest absolute Gasteiger partial charge is 0.354 e. The van der Waals surface area contributed by atoms with Gasteiger partial charge in [0.2, 0.25) is 0 Å². The predicted molar refractivity (Wildman–Crippen MR) is 120 cm³/mol. The number of hydrogen-bond acceptors (Lipinski definition) is 4. The number of aromatic nitrogens is 1. The highest BCUT2D eigenvalue weighted by Crippen LogP contribution is 2.29. The summed E-state index contributed by atoms with van der Waals surface area (Å²) in [7, 11) is 0. The lowest BCUT2D eigenvalue weighted by Crippen LogP contribution is -2.46. The number of benzene rings is 2.